The van der Waals surface area contributed by atoms with Crippen LogP contribution in [0.3, 0.4) is 0 Å². The minimum Gasteiger partial charge on any atom is -0.493 e. The molecule has 0 aromatic heterocycles. The van der Waals surface area contributed by atoms with Gasteiger partial charge in [0.25, 0.3) is 0 Å². The summed E-state index contributed by atoms with van der Waals surface area (Å²) in [5, 5.41) is 0. The quantitative estimate of drug-likeness (QED) is 0.0870. The summed E-state index contributed by atoms with van der Waals surface area (Å²) in [4.78, 5) is 0. The predicted molar refractivity (Wildman–Crippen MR) is 164 cm³/mol. The van der Waals surface area contributed by atoms with Crippen LogP contribution in [-0.2, 0) is 6.11 Å². The highest BCUT2D eigenvalue weighted by Gasteiger charge is 2.42. The third-order valence-corrected chi connectivity index (χ3v) is 7.07. The summed E-state index contributed by atoms with van der Waals surface area (Å²) in [7, 11) is 0. The standard InChI is InChI=1S/C33H37F7O4.C2H6/c1-6-9-10-41-22-15-28(42-17-19(4)7-2)30(29(16-22)43-18-20(5)8-3)21-11-24(34)31(25(35)12-21)33(39,40)44-23-13-26(36)32(38)27(37)14-23;1-2/h11-16,19-20H,6-10,17-18H2,1-5H3;1-2H3. The SMILES string of the molecule is CC.CCCCOc1cc(OCC(C)CC)c(-c2cc(F)c(C(F)(F)Oc3cc(F)c(F)c(F)c3)c(F)c2)c(OCC(C)CC)c1. The van der Waals surface area contributed by atoms with Crippen LogP contribution in [-0.4, -0.2) is 19.8 Å². The number of halogens is 7. The Morgan fingerprint density at radius 1 is 0.652 bits per heavy atom. The van der Waals surface area contributed by atoms with Crippen LogP contribution in [0.5, 0.6) is 23.0 Å². The number of unbranched alkanes of at least 4 members (excludes halogenated alkanes) is 1. The molecule has 4 nitrogen and oxygen atoms in total. The first-order valence-corrected chi connectivity index (χ1v) is 15.6. The average Bonchev–Trinajstić information content (AvgIpc) is 3.01. The van der Waals surface area contributed by atoms with Gasteiger partial charge in [-0.1, -0.05) is 67.7 Å². The molecule has 0 bridgehead atoms. The van der Waals surface area contributed by atoms with E-state index >= 15 is 17.6 Å². The van der Waals surface area contributed by atoms with Gasteiger partial charge in [0.15, 0.2) is 17.5 Å². The Labute approximate surface area is 266 Å². The molecule has 0 saturated carbocycles. The topological polar surface area (TPSA) is 36.9 Å². The van der Waals surface area contributed by atoms with Crippen LogP contribution in [0.15, 0.2) is 36.4 Å². The normalized spacial score (nSPS) is 12.6. The Hall–Kier alpha value is -3.63. The molecule has 0 N–H and O–H groups in total. The first-order chi connectivity index (χ1) is 21.8. The molecule has 11 heteroatoms. The molecule has 0 radical (unpaired) electrons. The van der Waals surface area contributed by atoms with Crippen molar-refractivity contribution in [2.45, 2.75) is 80.3 Å². The van der Waals surface area contributed by atoms with E-state index in [2.05, 4.69) is 4.74 Å². The van der Waals surface area contributed by atoms with Gasteiger partial charge in [-0.15, -0.1) is 0 Å². The van der Waals surface area contributed by atoms with E-state index in [0.29, 0.717) is 24.5 Å². The number of ether oxygens (including phenoxy) is 4. The maximum Gasteiger partial charge on any atom is 0.432 e. The highest BCUT2D eigenvalue weighted by Crippen LogP contribution is 2.45. The van der Waals surface area contributed by atoms with Crippen LogP contribution in [0, 0.1) is 40.9 Å². The maximum absolute atomic E-state index is 15.4. The summed E-state index contributed by atoms with van der Waals surface area (Å²) in [5.74, 6) is -9.17. The Morgan fingerprint density at radius 3 is 1.57 bits per heavy atom. The zero-order valence-corrected chi connectivity index (χ0v) is 27.3. The predicted octanol–water partition coefficient (Wildman–Crippen LogP) is 11.2. The lowest BCUT2D eigenvalue weighted by Gasteiger charge is -2.23. The minimum absolute atomic E-state index is 0.116. The maximum atomic E-state index is 15.4. The number of hydrogen-bond acceptors (Lipinski definition) is 4. The Morgan fingerprint density at radius 2 is 1.13 bits per heavy atom. The number of rotatable bonds is 16. The van der Waals surface area contributed by atoms with Gasteiger partial charge in [-0.3, -0.25) is 0 Å². The number of benzene rings is 3. The van der Waals surface area contributed by atoms with E-state index in [9.17, 15) is 13.2 Å². The van der Waals surface area contributed by atoms with E-state index in [4.69, 9.17) is 14.2 Å². The van der Waals surface area contributed by atoms with Gasteiger partial charge >= 0.3 is 6.11 Å². The van der Waals surface area contributed by atoms with Gasteiger partial charge in [0.1, 0.15) is 40.2 Å². The van der Waals surface area contributed by atoms with E-state index in [0.717, 1.165) is 25.7 Å². The smallest absolute Gasteiger partial charge is 0.432 e. The molecular formula is C35H43F7O4. The molecule has 0 heterocycles. The molecule has 0 fully saturated rings. The van der Waals surface area contributed by atoms with Crippen molar-refractivity contribution in [3.63, 3.8) is 0 Å². The zero-order valence-electron chi connectivity index (χ0n) is 27.3. The summed E-state index contributed by atoms with van der Waals surface area (Å²) < 4.78 is 123. The van der Waals surface area contributed by atoms with Crippen molar-refractivity contribution >= 4 is 0 Å². The molecule has 0 aliphatic carbocycles. The van der Waals surface area contributed by atoms with Crippen LogP contribution in [0.1, 0.15) is 79.7 Å². The number of hydrogen-bond donors (Lipinski definition) is 0. The third kappa shape index (κ3) is 10.2. The monoisotopic (exact) mass is 660 g/mol. The van der Waals surface area contributed by atoms with Crippen LogP contribution in [0.2, 0.25) is 0 Å². The van der Waals surface area contributed by atoms with Crippen LogP contribution < -0.4 is 18.9 Å². The summed E-state index contributed by atoms with van der Waals surface area (Å²) in [5.41, 5.74) is -1.86. The van der Waals surface area contributed by atoms with Gasteiger partial charge < -0.3 is 18.9 Å². The molecule has 46 heavy (non-hydrogen) atoms. The van der Waals surface area contributed by atoms with Crippen molar-refractivity contribution in [3.8, 4) is 34.1 Å². The second-order valence-electron chi connectivity index (χ2n) is 10.8. The summed E-state index contributed by atoms with van der Waals surface area (Å²) >= 11 is 0. The van der Waals surface area contributed by atoms with Crippen LogP contribution in [0.25, 0.3) is 11.1 Å². The van der Waals surface area contributed by atoms with Gasteiger partial charge in [0.2, 0.25) is 0 Å². The van der Waals surface area contributed by atoms with E-state index in [1.54, 1.807) is 12.1 Å². The van der Waals surface area contributed by atoms with Gasteiger partial charge in [-0.2, -0.15) is 8.78 Å². The lowest BCUT2D eigenvalue weighted by atomic mass is 9.99. The summed E-state index contributed by atoms with van der Waals surface area (Å²) in [6.07, 6.45) is -1.49. The fourth-order valence-corrected chi connectivity index (χ4v) is 3.98. The highest BCUT2D eigenvalue weighted by atomic mass is 19.3. The van der Waals surface area contributed by atoms with Crippen molar-refractivity contribution in [2.75, 3.05) is 19.8 Å². The molecule has 0 spiro atoms. The molecule has 2 unspecified atom stereocenters. The molecule has 256 valence electrons. The Bertz CT molecular complexity index is 1330. The van der Waals surface area contributed by atoms with Crippen molar-refractivity contribution < 1.29 is 49.7 Å². The minimum atomic E-state index is -4.73. The molecule has 3 rings (SSSR count). The Kier molecular flexibility index (Phi) is 15.0. The lowest BCUT2D eigenvalue weighted by molar-refractivity contribution is -0.189. The fourth-order valence-electron chi connectivity index (χ4n) is 3.98. The van der Waals surface area contributed by atoms with E-state index in [-0.39, 0.29) is 59.8 Å². The highest BCUT2D eigenvalue weighted by molar-refractivity contribution is 5.78. The van der Waals surface area contributed by atoms with Crippen molar-refractivity contribution in [3.05, 3.63) is 71.0 Å². The van der Waals surface area contributed by atoms with Crippen molar-refractivity contribution in [1.82, 2.24) is 0 Å². The molecule has 2 atom stereocenters. The molecule has 0 aliphatic rings. The summed E-state index contributed by atoms with van der Waals surface area (Å²) in [6.45, 7) is 14.7. The van der Waals surface area contributed by atoms with Gasteiger partial charge in [0.05, 0.1) is 25.4 Å². The third-order valence-electron chi connectivity index (χ3n) is 7.07. The van der Waals surface area contributed by atoms with Crippen LogP contribution >= 0.6 is 0 Å². The largest absolute Gasteiger partial charge is 0.493 e. The molecular weight excluding hydrogens is 617 g/mol. The zero-order chi connectivity index (χ0) is 34.6. The molecule has 3 aromatic rings. The molecule has 0 aliphatic heterocycles. The van der Waals surface area contributed by atoms with Crippen LogP contribution in [0.4, 0.5) is 30.7 Å². The van der Waals surface area contributed by atoms with Gasteiger partial charge in [-0.05, 0) is 36.0 Å². The fraction of sp³-hybridized carbons (Fsp3) is 0.486. The summed E-state index contributed by atoms with van der Waals surface area (Å²) in [6, 6.07) is 4.73. The van der Waals surface area contributed by atoms with E-state index in [1.165, 1.54) is 0 Å². The van der Waals surface area contributed by atoms with E-state index < -0.39 is 46.5 Å². The number of alkyl halides is 2. The molecule has 3 aromatic carbocycles. The van der Waals surface area contributed by atoms with Gasteiger partial charge in [0, 0.05) is 24.3 Å². The average molecular weight is 661 g/mol. The van der Waals surface area contributed by atoms with E-state index in [1.807, 2.05) is 48.5 Å². The van der Waals surface area contributed by atoms with Crippen molar-refractivity contribution in [1.29, 1.82) is 0 Å². The lowest BCUT2D eigenvalue weighted by Crippen LogP contribution is -2.25. The second kappa shape index (κ2) is 17.9. The second-order valence-corrected chi connectivity index (χ2v) is 10.8. The molecule has 0 amide bonds. The molecule has 0 saturated heterocycles. The Balaban J connectivity index is 0.00000361. The van der Waals surface area contributed by atoms with Crippen molar-refractivity contribution in [2.24, 2.45) is 11.8 Å². The van der Waals surface area contributed by atoms with Gasteiger partial charge in [-0.25, -0.2) is 22.0 Å². The first kappa shape index (κ1) is 38.6. The first-order valence-electron chi connectivity index (χ1n) is 15.6.